The molecule has 2 aromatic rings. The van der Waals surface area contributed by atoms with Gasteiger partial charge in [0.2, 0.25) is 0 Å². The van der Waals surface area contributed by atoms with Crippen molar-refractivity contribution in [1.82, 2.24) is 9.97 Å². The number of hydrogen-bond acceptors (Lipinski definition) is 5. The average Bonchev–Trinajstić information content (AvgIpc) is 2.48. The van der Waals surface area contributed by atoms with Crippen molar-refractivity contribution < 1.29 is 14.2 Å². The largest absolute Gasteiger partial charge is 0.497 e. The molecular formula is C14H16N2O3. The standard InChI is InChI=1S/C14H16N2O3/c1-17-13-3-5-15-11(7-13)9-19-10-12-8-14(18-2)4-6-16-12/h3-8H,9-10H2,1-2H3. The van der Waals surface area contributed by atoms with Crippen molar-refractivity contribution in [3.63, 3.8) is 0 Å². The lowest BCUT2D eigenvalue weighted by molar-refractivity contribution is 0.102. The van der Waals surface area contributed by atoms with E-state index in [-0.39, 0.29) is 0 Å². The van der Waals surface area contributed by atoms with E-state index in [9.17, 15) is 0 Å². The van der Waals surface area contributed by atoms with Crippen LogP contribution in [0.25, 0.3) is 0 Å². The van der Waals surface area contributed by atoms with Gasteiger partial charge in [-0.05, 0) is 12.1 Å². The average molecular weight is 260 g/mol. The molecule has 0 aliphatic carbocycles. The molecular weight excluding hydrogens is 244 g/mol. The lowest BCUT2D eigenvalue weighted by Crippen LogP contribution is -1.99. The summed E-state index contributed by atoms with van der Waals surface area (Å²) in [5.74, 6) is 1.54. The van der Waals surface area contributed by atoms with E-state index in [2.05, 4.69) is 9.97 Å². The van der Waals surface area contributed by atoms with Crippen LogP contribution in [0.1, 0.15) is 11.4 Å². The summed E-state index contributed by atoms with van der Waals surface area (Å²) in [5, 5.41) is 0. The third-order valence-corrected chi connectivity index (χ3v) is 2.55. The van der Waals surface area contributed by atoms with Gasteiger partial charge >= 0.3 is 0 Å². The van der Waals surface area contributed by atoms with E-state index in [0.717, 1.165) is 22.9 Å². The van der Waals surface area contributed by atoms with Gasteiger partial charge in [0.1, 0.15) is 11.5 Å². The molecule has 0 unspecified atom stereocenters. The highest BCUT2D eigenvalue weighted by Crippen LogP contribution is 2.13. The lowest BCUT2D eigenvalue weighted by Gasteiger charge is -2.06. The van der Waals surface area contributed by atoms with E-state index in [4.69, 9.17) is 14.2 Å². The van der Waals surface area contributed by atoms with Crippen molar-refractivity contribution in [2.75, 3.05) is 14.2 Å². The molecule has 0 atom stereocenters. The first-order valence-electron chi connectivity index (χ1n) is 5.87. The van der Waals surface area contributed by atoms with Crippen molar-refractivity contribution in [3.8, 4) is 11.5 Å². The molecule has 0 aliphatic heterocycles. The maximum Gasteiger partial charge on any atom is 0.122 e. The molecule has 0 aliphatic rings. The third kappa shape index (κ3) is 3.93. The minimum atomic E-state index is 0.413. The second-order valence-corrected chi connectivity index (χ2v) is 3.87. The molecule has 5 heteroatoms. The highest BCUT2D eigenvalue weighted by Gasteiger charge is 2.00. The Morgan fingerprint density at radius 1 is 0.842 bits per heavy atom. The van der Waals surface area contributed by atoms with Crippen molar-refractivity contribution in [2.24, 2.45) is 0 Å². The van der Waals surface area contributed by atoms with Gasteiger partial charge in [-0.3, -0.25) is 9.97 Å². The van der Waals surface area contributed by atoms with Gasteiger partial charge in [0, 0.05) is 24.5 Å². The fourth-order valence-corrected chi connectivity index (χ4v) is 1.58. The second-order valence-electron chi connectivity index (χ2n) is 3.87. The molecule has 0 radical (unpaired) electrons. The van der Waals surface area contributed by atoms with Crippen molar-refractivity contribution in [2.45, 2.75) is 13.2 Å². The van der Waals surface area contributed by atoms with Crippen LogP contribution in [0.3, 0.4) is 0 Å². The van der Waals surface area contributed by atoms with E-state index >= 15 is 0 Å². The summed E-state index contributed by atoms with van der Waals surface area (Å²) in [5.41, 5.74) is 1.64. The van der Waals surface area contributed by atoms with Gasteiger partial charge < -0.3 is 14.2 Å². The summed E-state index contributed by atoms with van der Waals surface area (Å²) >= 11 is 0. The number of aromatic nitrogens is 2. The molecule has 0 saturated heterocycles. The highest BCUT2D eigenvalue weighted by atomic mass is 16.5. The van der Waals surface area contributed by atoms with Crippen molar-refractivity contribution >= 4 is 0 Å². The van der Waals surface area contributed by atoms with Crippen LogP contribution in [0.4, 0.5) is 0 Å². The van der Waals surface area contributed by atoms with Gasteiger partial charge in [0.05, 0.1) is 38.8 Å². The molecule has 2 aromatic heterocycles. The van der Waals surface area contributed by atoms with Gasteiger partial charge in [-0.2, -0.15) is 0 Å². The first-order chi connectivity index (χ1) is 9.31. The fraction of sp³-hybridized carbons (Fsp3) is 0.286. The lowest BCUT2D eigenvalue weighted by atomic mass is 10.3. The first kappa shape index (κ1) is 13.3. The number of ether oxygens (including phenoxy) is 3. The minimum Gasteiger partial charge on any atom is -0.497 e. The van der Waals surface area contributed by atoms with Crippen molar-refractivity contribution in [3.05, 3.63) is 48.0 Å². The molecule has 0 N–H and O–H groups in total. The topological polar surface area (TPSA) is 53.5 Å². The minimum absolute atomic E-state index is 0.413. The van der Waals surface area contributed by atoms with Crippen LogP contribution < -0.4 is 9.47 Å². The Morgan fingerprint density at radius 3 is 1.74 bits per heavy atom. The van der Waals surface area contributed by atoms with Crippen LogP contribution in [-0.4, -0.2) is 24.2 Å². The van der Waals surface area contributed by atoms with Gasteiger partial charge in [-0.25, -0.2) is 0 Å². The van der Waals surface area contributed by atoms with Crippen LogP contribution in [0.15, 0.2) is 36.7 Å². The number of nitrogens with zero attached hydrogens (tertiary/aromatic N) is 2. The summed E-state index contributed by atoms with van der Waals surface area (Å²) in [6.07, 6.45) is 3.39. The Labute approximate surface area is 112 Å². The Hall–Kier alpha value is -2.14. The Bertz CT molecular complexity index is 484. The highest BCUT2D eigenvalue weighted by molar-refractivity contribution is 5.23. The van der Waals surface area contributed by atoms with E-state index in [1.807, 2.05) is 12.1 Å². The van der Waals surface area contributed by atoms with Crippen LogP contribution in [0.5, 0.6) is 11.5 Å². The Balaban J connectivity index is 1.88. The van der Waals surface area contributed by atoms with Crippen molar-refractivity contribution in [1.29, 1.82) is 0 Å². The molecule has 0 bridgehead atoms. The summed E-state index contributed by atoms with van der Waals surface area (Å²) in [7, 11) is 3.25. The van der Waals surface area contributed by atoms with E-state index in [1.165, 1.54) is 0 Å². The summed E-state index contributed by atoms with van der Waals surface area (Å²) in [6.45, 7) is 0.826. The molecule has 100 valence electrons. The maximum absolute atomic E-state index is 5.57. The molecule has 0 spiro atoms. The fourth-order valence-electron chi connectivity index (χ4n) is 1.58. The van der Waals surface area contributed by atoms with Crippen LogP contribution in [0.2, 0.25) is 0 Å². The zero-order chi connectivity index (χ0) is 13.5. The van der Waals surface area contributed by atoms with E-state index < -0.39 is 0 Å². The summed E-state index contributed by atoms with van der Waals surface area (Å²) in [6, 6.07) is 7.29. The quantitative estimate of drug-likeness (QED) is 0.797. The number of rotatable bonds is 6. The summed E-state index contributed by atoms with van der Waals surface area (Å²) < 4.78 is 15.8. The molecule has 0 saturated carbocycles. The normalized spacial score (nSPS) is 10.2. The molecule has 2 heterocycles. The molecule has 0 fully saturated rings. The smallest absolute Gasteiger partial charge is 0.122 e. The van der Waals surface area contributed by atoms with Crippen LogP contribution >= 0.6 is 0 Å². The monoisotopic (exact) mass is 260 g/mol. The maximum atomic E-state index is 5.57. The SMILES string of the molecule is COc1ccnc(COCc2cc(OC)ccn2)c1. The number of pyridine rings is 2. The molecule has 19 heavy (non-hydrogen) atoms. The predicted molar refractivity (Wildman–Crippen MR) is 70.1 cm³/mol. The Kier molecular flexibility index (Phi) is 4.69. The van der Waals surface area contributed by atoms with Gasteiger partial charge in [0.15, 0.2) is 0 Å². The van der Waals surface area contributed by atoms with E-state index in [1.54, 1.807) is 38.7 Å². The predicted octanol–water partition coefficient (Wildman–Crippen LogP) is 2.21. The van der Waals surface area contributed by atoms with Crippen LogP contribution in [-0.2, 0) is 18.0 Å². The number of methoxy groups -OCH3 is 2. The summed E-state index contributed by atoms with van der Waals surface area (Å²) in [4.78, 5) is 8.40. The number of hydrogen-bond donors (Lipinski definition) is 0. The van der Waals surface area contributed by atoms with Gasteiger partial charge in [0.25, 0.3) is 0 Å². The van der Waals surface area contributed by atoms with Crippen LogP contribution in [0, 0.1) is 0 Å². The third-order valence-electron chi connectivity index (χ3n) is 2.55. The van der Waals surface area contributed by atoms with Gasteiger partial charge in [-0.1, -0.05) is 0 Å². The van der Waals surface area contributed by atoms with E-state index in [0.29, 0.717) is 13.2 Å². The molecule has 5 nitrogen and oxygen atoms in total. The Morgan fingerprint density at radius 2 is 1.32 bits per heavy atom. The first-order valence-corrected chi connectivity index (χ1v) is 5.87. The second kappa shape index (κ2) is 6.70. The molecule has 2 rings (SSSR count). The molecule has 0 amide bonds. The zero-order valence-electron chi connectivity index (χ0n) is 11.0. The van der Waals surface area contributed by atoms with Gasteiger partial charge in [-0.15, -0.1) is 0 Å². The zero-order valence-corrected chi connectivity index (χ0v) is 11.0. The molecule has 0 aromatic carbocycles.